The molecule has 5 amide bonds. The Bertz CT molecular complexity index is 2300. The average Bonchev–Trinajstić information content (AvgIpc) is 3.49. The quantitative estimate of drug-likeness (QED) is 0.106. The fourth-order valence-corrected chi connectivity index (χ4v) is 8.95. The van der Waals surface area contributed by atoms with E-state index in [1.165, 1.54) is 17.1 Å². The number of nitrogens with zero attached hydrogens (tertiary/aromatic N) is 5. The van der Waals surface area contributed by atoms with Crippen LogP contribution < -0.4 is 16.4 Å². The van der Waals surface area contributed by atoms with E-state index in [9.17, 15) is 28.8 Å². The third kappa shape index (κ3) is 11.4. The number of imide groups is 1. The van der Waals surface area contributed by atoms with Crippen LogP contribution in [0.2, 0.25) is 0 Å². The summed E-state index contributed by atoms with van der Waals surface area (Å²) in [5.41, 5.74) is 12.8. The average molecular weight is 855 g/mol. The Labute approximate surface area is 369 Å². The van der Waals surface area contributed by atoms with E-state index in [1.54, 1.807) is 24.4 Å². The van der Waals surface area contributed by atoms with E-state index in [4.69, 9.17) is 5.73 Å². The van der Waals surface area contributed by atoms with Gasteiger partial charge in [-0.2, -0.15) is 0 Å². The van der Waals surface area contributed by atoms with E-state index in [1.807, 2.05) is 41.3 Å². The number of Topliss-reactive ketones (excluding diaryl/α,β-unsaturated/α-hetero) is 1. The second-order valence-corrected chi connectivity index (χ2v) is 17.1. The van der Waals surface area contributed by atoms with Crippen LogP contribution in [0.3, 0.4) is 0 Å². The van der Waals surface area contributed by atoms with Gasteiger partial charge in [0.05, 0.1) is 17.6 Å². The maximum absolute atomic E-state index is 13.5. The summed E-state index contributed by atoms with van der Waals surface area (Å²) in [5.74, 6) is -0.276. The van der Waals surface area contributed by atoms with Crippen LogP contribution >= 0.6 is 0 Å². The summed E-state index contributed by atoms with van der Waals surface area (Å²) in [6.07, 6.45) is 13.0. The van der Waals surface area contributed by atoms with Crippen molar-refractivity contribution in [3.05, 3.63) is 106 Å². The Morgan fingerprint density at radius 2 is 1.60 bits per heavy atom. The number of hydrogen-bond acceptors (Lipinski definition) is 10. The number of aliphatic imine (C=N–C) groups is 1. The molecule has 14 heteroatoms. The molecule has 0 spiro atoms. The maximum atomic E-state index is 13.5. The second-order valence-electron chi connectivity index (χ2n) is 17.1. The number of nitrogens with two attached hydrogens (primary N) is 1. The van der Waals surface area contributed by atoms with Crippen molar-refractivity contribution in [1.29, 1.82) is 0 Å². The summed E-state index contributed by atoms with van der Waals surface area (Å²) in [6, 6.07) is 14.8. The number of fused-ring (bicyclic) bond motifs is 2. The van der Waals surface area contributed by atoms with Gasteiger partial charge in [-0.15, -0.1) is 0 Å². The summed E-state index contributed by atoms with van der Waals surface area (Å²) < 4.78 is 0. The van der Waals surface area contributed by atoms with Crippen LogP contribution in [-0.2, 0) is 38.7 Å². The van der Waals surface area contributed by atoms with E-state index in [2.05, 4.69) is 39.4 Å². The van der Waals surface area contributed by atoms with Crippen molar-refractivity contribution in [1.82, 2.24) is 25.0 Å². The minimum Gasteiger partial charge on any atom is -0.387 e. The zero-order valence-electron chi connectivity index (χ0n) is 36.4. The number of amidine groups is 1. The van der Waals surface area contributed by atoms with Crippen molar-refractivity contribution in [3.63, 3.8) is 0 Å². The van der Waals surface area contributed by atoms with Crippen LogP contribution in [0.25, 0.3) is 6.08 Å². The lowest BCUT2D eigenvalue weighted by Gasteiger charge is -2.30. The Morgan fingerprint density at radius 3 is 2.32 bits per heavy atom. The highest BCUT2D eigenvalue weighted by atomic mass is 16.2. The van der Waals surface area contributed by atoms with Crippen LogP contribution in [-0.4, -0.2) is 93.6 Å². The third-order valence-electron chi connectivity index (χ3n) is 12.3. The van der Waals surface area contributed by atoms with E-state index in [0.29, 0.717) is 86.0 Å². The van der Waals surface area contributed by atoms with Gasteiger partial charge < -0.3 is 21.3 Å². The van der Waals surface area contributed by atoms with Crippen molar-refractivity contribution < 1.29 is 28.8 Å². The number of anilines is 1. The van der Waals surface area contributed by atoms with Crippen LogP contribution in [0.5, 0.6) is 0 Å². The van der Waals surface area contributed by atoms with Gasteiger partial charge in [0.1, 0.15) is 11.6 Å². The molecule has 0 saturated heterocycles. The molecule has 4 heterocycles. The summed E-state index contributed by atoms with van der Waals surface area (Å²) in [4.78, 5) is 91.1. The zero-order valence-corrected chi connectivity index (χ0v) is 36.4. The SMILES string of the molecule is CCCN(CCC)C(=O)C1=Cc2ccc(C(=O)Nc3cnc4c(c3)CN(Cc3ccc(C(=O)NCCCC(=O)C5CCC(CN6C(=O)C=CC6=O)CC5)cc3)CC4)cc2N=C(N)C1. The molecule has 63 heavy (non-hydrogen) atoms. The first-order chi connectivity index (χ1) is 30.5. The molecular weight excluding hydrogens is 797 g/mol. The number of amides is 5. The fourth-order valence-electron chi connectivity index (χ4n) is 8.95. The summed E-state index contributed by atoms with van der Waals surface area (Å²) in [7, 11) is 0. The van der Waals surface area contributed by atoms with Crippen LogP contribution in [0.1, 0.15) is 115 Å². The number of benzene rings is 2. The number of ketones is 1. The molecule has 1 fully saturated rings. The highest BCUT2D eigenvalue weighted by Crippen LogP contribution is 2.32. The number of hydrogen-bond donors (Lipinski definition) is 3. The first-order valence-electron chi connectivity index (χ1n) is 22.4. The van der Waals surface area contributed by atoms with Gasteiger partial charge in [-0.25, -0.2) is 4.99 Å². The maximum Gasteiger partial charge on any atom is 0.255 e. The van der Waals surface area contributed by atoms with Crippen molar-refractivity contribution in [3.8, 4) is 0 Å². The van der Waals surface area contributed by atoms with Crippen molar-refractivity contribution in [2.24, 2.45) is 22.6 Å². The number of aromatic nitrogens is 1. The molecule has 1 aromatic heterocycles. The monoisotopic (exact) mass is 854 g/mol. The van der Waals surface area contributed by atoms with Gasteiger partial charge in [0.25, 0.3) is 23.6 Å². The number of nitrogens with one attached hydrogen (secondary N) is 2. The van der Waals surface area contributed by atoms with E-state index < -0.39 is 0 Å². The Morgan fingerprint density at radius 1 is 0.889 bits per heavy atom. The van der Waals surface area contributed by atoms with E-state index in [0.717, 1.165) is 73.9 Å². The van der Waals surface area contributed by atoms with Gasteiger partial charge in [-0.1, -0.05) is 32.0 Å². The molecule has 7 rings (SSSR count). The largest absolute Gasteiger partial charge is 0.387 e. The summed E-state index contributed by atoms with van der Waals surface area (Å²) in [5, 5.41) is 5.94. The Kier molecular flexibility index (Phi) is 14.7. The van der Waals surface area contributed by atoms with Crippen molar-refractivity contribution in [2.45, 2.75) is 91.1 Å². The predicted molar refractivity (Wildman–Crippen MR) is 242 cm³/mol. The minimum absolute atomic E-state index is 0.00641. The molecule has 1 aliphatic carbocycles. The first-order valence-corrected chi connectivity index (χ1v) is 22.4. The number of carbonyl (C=O) groups excluding carboxylic acids is 6. The van der Waals surface area contributed by atoms with Crippen LogP contribution in [0, 0.1) is 11.8 Å². The summed E-state index contributed by atoms with van der Waals surface area (Å²) in [6.45, 7) is 8.44. The Hall–Kier alpha value is -6.28. The Balaban J connectivity index is 0.856. The van der Waals surface area contributed by atoms with Crippen LogP contribution in [0.15, 0.2) is 77.4 Å². The molecule has 2 aromatic carbocycles. The van der Waals surface area contributed by atoms with Gasteiger partial charge in [-0.3, -0.25) is 43.6 Å². The molecule has 0 radical (unpaired) electrons. The number of rotatable bonds is 17. The first kappa shape index (κ1) is 44.8. The number of pyridine rings is 1. The zero-order chi connectivity index (χ0) is 44.5. The van der Waals surface area contributed by atoms with Gasteiger partial charge >= 0.3 is 0 Å². The second kappa shape index (κ2) is 20.7. The normalized spacial score (nSPS) is 18.5. The molecular formula is C49H58N8O6. The molecule has 3 aliphatic heterocycles. The minimum atomic E-state index is -0.304. The lowest BCUT2D eigenvalue weighted by Crippen LogP contribution is -2.36. The van der Waals surface area contributed by atoms with Crippen molar-refractivity contribution >= 4 is 58.6 Å². The molecule has 4 N–H and O–H groups in total. The molecule has 330 valence electrons. The lowest BCUT2D eigenvalue weighted by molar-refractivity contribution is -0.138. The van der Waals surface area contributed by atoms with Gasteiger partial charge in [-0.05, 0) is 98.4 Å². The van der Waals surface area contributed by atoms with E-state index in [-0.39, 0.29) is 53.6 Å². The van der Waals surface area contributed by atoms with Crippen LogP contribution in [0.4, 0.5) is 11.4 Å². The molecule has 4 aliphatic rings. The fraction of sp³-hybridized carbons (Fsp3) is 0.429. The lowest BCUT2D eigenvalue weighted by atomic mass is 9.79. The topological polar surface area (TPSA) is 187 Å². The highest BCUT2D eigenvalue weighted by Gasteiger charge is 2.31. The molecule has 0 bridgehead atoms. The molecule has 0 atom stereocenters. The molecule has 14 nitrogen and oxygen atoms in total. The molecule has 3 aromatic rings. The standard InChI is InChI=1S/C49H58N8O6/c1-3-21-56(22-4-2)49(63)38-24-36-15-16-37(26-42(36)54-44(50)27-38)48(62)53-40-25-39-31-55(23-19-41(39)52-28-40)29-32-9-13-35(14-10-32)47(61)51-20-5-6-43(58)34-11-7-33(8-12-34)30-57-45(59)17-18-46(57)60/h9-10,13-18,24-26,28,33-34H,3-8,11-12,19-23,27,29-31H2,1-2H3,(H2,50,54)(H,51,61)(H,53,62). The number of carbonyl (C=O) groups is 6. The molecule has 1 saturated carbocycles. The highest BCUT2D eigenvalue weighted by molar-refractivity contribution is 6.13. The van der Waals surface area contributed by atoms with Crippen molar-refractivity contribution in [2.75, 3.05) is 38.0 Å². The van der Waals surface area contributed by atoms with Gasteiger partial charge in [0.2, 0.25) is 5.91 Å². The third-order valence-corrected chi connectivity index (χ3v) is 12.3. The smallest absolute Gasteiger partial charge is 0.255 e. The predicted octanol–water partition coefficient (Wildman–Crippen LogP) is 6.13. The van der Waals surface area contributed by atoms with Gasteiger partial charge in [0, 0.05) is 111 Å². The van der Waals surface area contributed by atoms with E-state index >= 15 is 0 Å². The molecule has 0 unspecified atom stereocenters. The summed E-state index contributed by atoms with van der Waals surface area (Å²) >= 11 is 0. The van der Waals surface area contributed by atoms with Gasteiger partial charge in [0.15, 0.2) is 0 Å².